The topological polar surface area (TPSA) is 60.7 Å². The second-order valence-electron chi connectivity index (χ2n) is 2.73. The van der Waals surface area contributed by atoms with Gasteiger partial charge in [0.05, 0.1) is 0 Å². The van der Waals surface area contributed by atoms with Crippen LogP contribution in [0.2, 0.25) is 0 Å². The van der Waals surface area contributed by atoms with Crippen LogP contribution in [-0.2, 0) is 0 Å². The summed E-state index contributed by atoms with van der Waals surface area (Å²) in [5, 5.41) is 25.4. The van der Waals surface area contributed by atoms with E-state index in [1.165, 1.54) is 0 Å². The summed E-state index contributed by atoms with van der Waals surface area (Å²) in [6, 6.07) is 0. The highest BCUT2D eigenvalue weighted by Gasteiger charge is 2.16. The largest absolute Gasteiger partial charge is 0.344 e. The SMILES string of the molecule is OC(O)(O)CCCCCCP. The molecule has 0 aromatic heterocycles. The Morgan fingerprint density at radius 2 is 1.45 bits per heavy atom. The summed E-state index contributed by atoms with van der Waals surface area (Å²) in [6.07, 6.45) is 4.96. The zero-order chi connectivity index (χ0) is 8.74. The molecular weight excluding hydrogens is 163 g/mol. The molecule has 0 saturated carbocycles. The molecule has 0 saturated heterocycles. The van der Waals surface area contributed by atoms with Crippen molar-refractivity contribution in [3.05, 3.63) is 0 Å². The number of hydrogen-bond donors (Lipinski definition) is 3. The highest BCUT2D eigenvalue weighted by atomic mass is 31.0. The minimum absolute atomic E-state index is 0.0455. The Morgan fingerprint density at radius 3 is 1.91 bits per heavy atom. The van der Waals surface area contributed by atoms with E-state index in [-0.39, 0.29) is 6.42 Å². The normalized spacial score (nSPS) is 12.0. The molecule has 3 nitrogen and oxygen atoms in total. The molecule has 1 unspecified atom stereocenters. The lowest BCUT2D eigenvalue weighted by molar-refractivity contribution is -0.315. The van der Waals surface area contributed by atoms with Gasteiger partial charge >= 0.3 is 0 Å². The molecule has 11 heavy (non-hydrogen) atoms. The van der Waals surface area contributed by atoms with Gasteiger partial charge in [0.1, 0.15) is 0 Å². The third kappa shape index (κ3) is 10.3. The van der Waals surface area contributed by atoms with Crippen molar-refractivity contribution in [1.29, 1.82) is 0 Å². The molecule has 0 spiro atoms. The Balaban J connectivity index is 3.02. The lowest BCUT2D eigenvalue weighted by atomic mass is 10.1. The molecule has 68 valence electrons. The molecule has 0 heterocycles. The van der Waals surface area contributed by atoms with Gasteiger partial charge in [-0.25, -0.2) is 0 Å². The molecule has 0 aliphatic carbocycles. The van der Waals surface area contributed by atoms with Crippen molar-refractivity contribution < 1.29 is 15.3 Å². The monoisotopic (exact) mass is 180 g/mol. The first-order valence-corrected chi connectivity index (χ1v) is 4.75. The predicted octanol–water partition coefficient (Wildman–Crippen LogP) is 0.443. The van der Waals surface area contributed by atoms with Crippen LogP contribution < -0.4 is 0 Å². The first-order valence-electron chi connectivity index (χ1n) is 3.93. The van der Waals surface area contributed by atoms with Crippen LogP contribution in [0, 0.1) is 0 Å². The molecule has 0 bridgehead atoms. The first-order chi connectivity index (χ1) is 5.06. The van der Waals surface area contributed by atoms with E-state index in [1.807, 2.05) is 0 Å². The van der Waals surface area contributed by atoms with Gasteiger partial charge in [0.15, 0.2) is 0 Å². The highest BCUT2D eigenvalue weighted by molar-refractivity contribution is 7.16. The molecule has 0 rings (SSSR count). The van der Waals surface area contributed by atoms with Crippen molar-refractivity contribution >= 4 is 9.24 Å². The number of rotatable bonds is 6. The maximum Gasteiger partial charge on any atom is 0.275 e. The predicted molar refractivity (Wildman–Crippen MR) is 47.0 cm³/mol. The van der Waals surface area contributed by atoms with Gasteiger partial charge in [-0.15, -0.1) is 9.24 Å². The van der Waals surface area contributed by atoms with E-state index in [2.05, 4.69) is 9.24 Å². The lowest BCUT2D eigenvalue weighted by Gasteiger charge is -2.12. The number of hydrogen-bond acceptors (Lipinski definition) is 3. The van der Waals surface area contributed by atoms with Crippen LogP contribution >= 0.6 is 9.24 Å². The summed E-state index contributed by atoms with van der Waals surface area (Å²) in [7, 11) is 2.64. The molecule has 0 aliphatic rings. The van der Waals surface area contributed by atoms with Crippen LogP contribution in [0.5, 0.6) is 0 Å². The Kier molecular flexibility index (Phi) is 6.06. The summed E-state index contributed by atoms with van der Waals surface area (Å²) in [4.78, 5) is 0. The molecule has 0 aromatic rings. The zero-order valence-electron chi connectivity index (χ0n) is 6.66. The van der Waals surface area contributed by atoms with Gasteiger partial charge in [0.25, 0.3) is 5.97 Å². The molecule has 3 N–H and O–H groups in total. The van der Waals surface area contributed by atoms with Gasteiger partial charge in [0.2, 0.25) is 0 Å². The molecule has 0 radical (unpaired) electrons. The van der Waals surface area contributed by atoms with E-state index in [0.717, 1.165) is 25.4 Å². The van der Waals surface area contributed by atoms with Crippen LogP contribution in [0.25, 0.3) is 0 Å². The minimum atomic E-state index is -2.46. The fourth-order valence-corrected chi connectivity index (χ4v) is 1.15. The summed E-state index contributed by atoms with van der Waals surface area (Å²) < 4.78 is 0. The number of aliphatic hydroxyl groups is 3. The van der Waals surface area contributed by atoms with E-state index < -0.39 is 5.97 Å². The Bertz CT molecular complexity index is 90.2. The average molecular weight is 180 g/mol. The van der Waals surface area contributed by atoms with Crippen LogP contribution in [0.1, 0.15) is 32.1 Å². The van der Waals surface area contributed by atoms with E-state index in [9.17, 15) is 0 Å². The summed E-state index contributed by atoms with van der Waals surface area (Å²) in [5.74, 6) is -2.46. The number of unbranched alkanes of at least 4 members (excludes halogenated alkanes) is 3. The zero-order valence-corrected chi connectivity index (χ0v) is 7.82. The van der Waals surface area contributed by atoms with Crippen LogP contribution in [-0.4, -0.2) is 27.5 Å². The van der Waals surface area contributed by atoms with E-state index in [4.69, 9.17) is 15.3 Å². The summed E-state index contributed by atoms with van der Waals surface area (Å²) >= 11 is 0. The first kappa shape index (κ1) is 11.3. The Labute approximate surface area is 69.6 Å². The standard InChI is InChI=1S/C7H17O3P/c8-7(9,10)5-3-1-2-4-6-11/h8-10H,1-6,11H2. The van der Waals surface area contributed by atoms with E-state index in [1.54, 1.807) is 0 Å². The van der Waals surface area contributed by atoms with Gasteiger partial charge in [-0.05, 0) is 19.0 Å². The third-order valence-corrected chi connectivity index (χ3v) is 1.87. The van der Waals surface area contributed by atoms with Gasteiger partial charge in [-0.3, -0.25) is 0 Å². The van der Waals surface area contributed by atoms with Gasteiger partial charge < -0.3 is 15.3 Å². The summed E-state index contributed by atoms with van der Waals surface area (Å²) in [6.45, 7) is 0. The van der Waals surface area contributed by atoms with Gasteiger partial charge in [-0.1, -0.05) is 12.8 Å². The highest BCUT2D eigenvalue weighted by Crippen LogP contribution is 2.10. The van der Waals surface area contributed by atoms with Crippen molar-refractivity contribution in [2.75, 3.05) is 6.16 Å². The smallest absolute Gasteiger partial charge is 0.275 e. The molecule has 0 fully saturated rings. The van der Waals surface area contributed by atoms with Gasteiger partial charge in [-0.2, -0.15) is 0 Å². The Hall–Kier alpha value is 0.310. The van der Waals surface area contributed by atoms with E-state index in [0.29, 0.717) is 6.42 Å². The van der Waals surface area contributed by atoms with Crippen LogP contribution in [0.15, 0.2) is 0 Å². The maximum atomic E-state index is 8.48. The van der Waals surface area contributed by atoms with Crippen molar-refractivity contribution in [2.45, 2.75) is 38.1 Å². The van der Waals surface area contributed by atoms with Crippen molar-refractivity contribution in [1.82, 2.24) is 0 Å². The lowest BCUT2D eigenvalue weighted by Crippen LogP contribution is -2.26. The fraction of sp³-hybridized carbons (Fsp3) is 1.00. The molecule has 1 atom stereocenters. The quantitative estimate of drug-likeness (QED) is 0.316. The molecular formula is C7H17O3P. The average Bonchev–Trinajstić information content (AvgIpc) is 1.85. The van der Waals surface area contributed by atoms with Gasteiger partial charge in [0, 0.05) is 6.42 Å². The molecule has 0 amide bonds. The van der Waals surface area contributed by atoms with Crippen molar-refractivity contribution in [3.63, 3.8) is 0 Å². The van der Waals surface area contributed by atoms with Crippen LogP contribution in [0.3, 0.4) is 0 Å². The van der Waals surface area contributed by atoms with E-state index >= 15 is 0 Å². The second kappa shape index (κ2) is 5.90. The van der Waals surface area contributed by atoms with Crippen molar-refractivity contribution in [3.8, 4) is 0 Å². The molecule has 0 aliphatic heterocycles. The second-order valence-corrected chi connectivity index (χ2v) is 3.30. The third-order valence-electron chi connectivity index (χ3n) is 1.47. The molecule has 4 heteroatoms. The van der Waals surface area contributed by atoms with Crippen molar-refractivity contribution in [2.24, 2.45) is 0 Å². The minimum Gasteiger partial charge on any atom is -0.344 e. The Morgan fingerprint density at radius 1 is 0.909 bits per heavy atom. The van der Waals surface area contributed by atoms with Crippen LogP contribution in [0.4, 0.5) is 0 Å². The summed E-state index contributed by atoms with van der Waals surface area (Å²) in [5.41, 5.74) is 0. The fourth-order valence-electron chi connectivity index (χ4n) is 0.860. The maximum absolute atomic E-state index is 8.48. The molecule has 0 aromatic carbocycles.